The van der Waals surface area contributed by atoms with Crippen LogP contribution in [0.15, 0.2) is 35.4 Å². The highest BCUT2D eigenvalue weighted by atomic mass is 32.1. The van der Waals surface area contributed by atoms with Crippen molar-refractivity contribution in [2.75, 3.05) is 5.32 Å². The van der Waals surface area contributed by atoms with Crippen LogP contribution >= 0.6 is 11.3 Å². The molecule has 5 nitrogen and oxygen atoms in total. The smallest absolute Gasteiger partial charge is 0.262 e. The third-order valence-electron chi connectivity index (χ3n) is 3.43. The first-order valence-corrected chi connectivity index (χ1v) is 8.02. The monoisotopic (exact) mass is 349 g/mol. The van der Waals surface area contributed by atoms with Gasteiger partial charge in [0, 0.05) is 16.6 Å². The highest BCUT2D eigenvalue weighted by molar-refractivity contribution is 7.18. The molecule has 2 aromatic heterocycles. The van der Waals surface area contributed by atoms with Crippen LogP contribution in [0.25, 0.3) is 10.2 Å². The lowest BCUT2D eigenvalue weighted by atomic mass is 10.3. The van der Waals surface area contributed by atoms with Gasteiger partial charge < -0.3 is 5.32 Å². The van der Waals surface area contributed by atoms with Crippen LogP contribution in [-0.2, 0) is 17.8 Å². The molecule has 0 unspecified atom stereocenters. The van der Waals surface area contributed by atoms with E-state index in [1.54, 1.807) is 6.07 Å². The quantitative estimate of drug-likeness (QED) is 0.788. The molecule has 1 N–H and O–H groups in total. The van der Waals surface area contributed by atoms with Crippen LogP contribution in [0.1, 0.15) is 11.8 Å². The molecule has 0 bridgehead atoms. The van der Waals surface area contributed by atoms with Gasteiger partial charge in [-0.05, 0) is 24.6 Å². The summed E-state index contributed by atoms with van der Waals surface area (Å²) in [7, 11) is 0. The third-order valence-corrected chi connectivity index (χ3v) is 4.62. The normalized spacial score (nSPS) is 11.0. The number of anilines is 1. The number of rotatable bonds is 4. The molecule has 8 heteroatoms. The Balaban J connectivity index is 1.81. The second-order valence-corrected chi connectivity index (χ2v) is 6.25. The van der Waals surface area contributed by atoms with Crippen molar-refractivity contribution in [3.63, 3.8) is 0 Å². The summed E-state index contributed by atoms with van der Waals surface area (Å²) in [6, 6.07) is 4.82. The van der Waals surface area contributed by atoms with Gasteiger partial charge in [0.15, 0.2) is 11.6 Å². The summed E-state index contributed by atoms with van der Waals surface area (Å²) in [6.45, 7) is 1.72. The molecule has 0 radical (unpaired) electrons. The zero-order valence-electron chi connectivity index (χ0n) is 12.7. The number of carbonyl (C=O) groups is 1. The van der Waals surface area contributed by atoms with E-state index in [4.69, 9.17) is 0 Å². The second kappa shape index (κ2) is 6.48. The molecule has 0 aliphatic carbocycles. The van der Waals surface area contributed by atoms with Gasteiger partial charge in [0.2, 0.25) is 5.91 Å². The Morgan fingerprint density at radius 3 is 2.79 bits per heavy atom. The topological polar surface area (TPSA) is 64.0 Å². The van der Waals surface area contributed by atoms with Crippen LogP contribution in [-0.4, -0.2) is 15.5 Å². The van der Waals surface area contributed by atoms with Gasteiger partial charge in [-0.2, -0.15) is 0 Å². The van der Waals surface area contributed by atoms with E-state index in [0.29, 0.717) is 10.2 Å². The van der Waals surface area contributed by atoms with Gasteiger partial charge in [-0.1, -0.05) is 6.92 Å². The fraction of sp³-hybridized carbons (Fsp3) is 0.188. The highest BCUT2D eigenvalue weighted by Crippen LogP contribution is 2.21. The van der Waals surface area contributed by atoms with Crippen molar-refractivity contribution in [2.45, 2.75) is 19.9 Å². The van der Waals surface area contributed by atoms with E-state index in [-0.39, 0.29) is 17.8 Å². The third kappa shape index (κ3) is 3.18. The fourth-order valence-electron chi connectivity index (χ4n) is 2.23. The first-order chi connectivity index (χ1) is 11.5. The molecule has 0 fully saturated rings. The minimum atomic E-state index is -1.06. The lowest BCUT2D eigenvalue weighted by Gasteiger charge is -2.07. The Morgan fingerprint density at radius 2 is 2.08 bits per heavy atom. The van der Waals surface area contributed by atoms with Gasteiger partial charge in [-0.15, -0.1) is 11.3 Å². The fourth-order valence-corrected chi connectivity index (χ4v) is 3.15. The largest absolute Gasteiger partial charge is 0.324 e. The predicted molar refractivity (Wildman–Crippen MR) is 88.2 cm³/mol. The molecule has 0 spiro atoms. The maximum atomic E-state index is 13.1. The van der Waals surface area contributed by atoms with Crippen molar-refractivity contribution in [3.8, 4) is 0 Å². The molecule has 0 atom stereocenters. The molecule has 3 aromatic rings. The minimum Gasteiger partial charge on any atom is -0.324 e. The number of hydrogen-bond acceptors (Lipinski definition) is 4. The number of carbonyl (C=O) groups excluding carboxylic acids is 1. The summed E-state index contributed by atoms with van der Waals surface area (Å²) in [5, 5.41) is 2.89. The average molecular weight is 349 g/mol. The van der Waals surface area contributed by atoms with Crippen molar-refractivity contribution in [1.82, 2.24) is 9.55 Å². The zero-order valence-corrected chi connectivity index (χ0v) is 13.5. The summed E-state index contributed by atoms with van der Waals surface area (Å²) in [6.07, 6.45) is 2.11. The van der Waals surface area contributed by atoms with Gasteiger partial charge in [0.1, 0.15) is 11.4 Å². The number of hydrogen-bond donors (Lipinski definition) is 1. The van der Waals surface area contributed by atoms with E-state index in [1.165, 1.54) is 28.3 Å². The number of nitrogens with one attached hydrogen (secondary N) is 1. The number of benzene rings is 1. The lowest BCUT2D eigenvalue weighted by molar-refractivity contribution is -0.116. The first kappa shape index (κ1) is 16.3. The average Bonchev–Trinajstić information content (AvgIpc) is 2.98. The summed E-state index contributed by atoms with van der Waals surface area (Å²) < 4.78 is 27.2. The van der Waals surface area contributed by atoms with Gasteiger partial charge in [0.25, 0.3) is 5.56 Å². The molecule has 1 amide bonds. The van der Waals surface area contributed by atoms with Crippen molar-refractivity contribution >= 4 is 33.1 Å². The van der Waals surface area contributed by atoms with Gasteiger partial charge in [-0.25, -0.2) is 13.8 Å². The minimum absolute atomic E-state index is 0.116. The summed E-state index contributed by atoms with van der Waals surface area (Å²) >= 11 is 1.44. The van der Waals surface area contributed by atoms with Crippen LogP contribution in [0.5, 0.6) is 0 Å². The van der Waals surface area contributed by atoms with Gasteiger partial charge in [-0.3, -0.25) is 14.2 Å². The lowest BCUT2D eigenvalue weighted by Crippen LogP contribution is -2.27. The van der Waals surface area contributed by atoms with E-state index in [9.17, 15) is 18.4 Å². The molecule has 24 heavy (non-hydrogen) atoms. The molecule has 3 rings (SSSR count). The van der Waals surface area contributed by atoms with Crippen molar-refractivity contribution in [2.24, 2.45) is 0 Å². The molecule has 124 valence electrons. The maximum absolute atomic E-state index is 13.1. The maximum Gasteiger partial charge on any atom is 0.262 e. The first-order valence-electron chi connectivity index (χ1n) is 7.20. The van der Waals surface area contributed by atoms with Crippen LogP contribution in [0.2, 0.25) is 0 Å². The second-order valence-electron chi connectivity index (χ2n) is 5.14. The van der Waals surface area contributed by atoms with Gasteiger partial charge >= 0.3 is 0 Å². The van der Waals surface area contributed by atoms with Crippen molar-refractivity contribution in [3.05, 3.63) is 57.5 Å². The molecule has 2 heterocycles. The van der Waals surface area contributed by atoms with Crippen LogP contribution in [0, 0.1) is 11.6 Å². The van der Waals surface area contributed by atoms with Crippen LogP contribution < -0.4 is 10.9 Å². The number of thiophene rings is 1. The van der Waals surface area contributed by atoms with Crippen molar-refractivity contribution in [1.29, 1.82) is 0 Å². The van der Waals surface area contributed by atoms with Gasteiger partial charge in [0.05, 0.1) is 11.7 Å². The molecule has 0 aliphatic rings. The molecule has 0 aliphatic heterocycles. The molecular formula is C16H13F2N3O2S. The summed E-state index contributed by atoms with van der Waals surface area (Å²) in [5.74, 6) is -2.59. The predicted octanol–water partition coefficient (Wildman–Crippen LogP) is 2.94. The van der Waals surface area contributed by atoms with E-state index >= 15 is 0 Å². The number of aromatic nitrogens is 2. The Morgan fingerprint density at radius 1 is 1.29 bits per heavy atom. The van der Waals surface area contributed by atoms with Crippen molar-refractivity contribution < 1.29 is 13.6 Å². The summed E-state index contributed by atoms with van der Waals surface area (Å²) in [4.78, 5) is 30.3. The summed E-state index contributed by atoms with van der Waals surface area (Å²) in [5.41, 5.74) is -0.193. The zero-order chi connectivity index (χ0) is 17.3. The Bertz CT molecular complexity index is 981. The Hall–Kier alpha value is -2.61. The Kier molecular flexibility index (Phi) is 4.39. The number of amides is 1. The Labute approximate surface area is 139 Å². The highest BCUT2D eigenvalue weighted by Gasteiger charge is 2.12. The molecule has 0 saturated carbocycles. The standard InChI is InChI=1S/C16H13F2N3O2S/c1-2-10-6-11-15(24-10)19-8-21(16(11)23)7-14(22)20-9-3-4-12(17)13(18)5-9/h3-6,8H,2,7H2,1H3,(H,20,22). The van der Waals surface area contributed by atoms with E-state index in [1.807, 2.05) is 6.92 Å². The number of nitrogens with zero attached hydrogens (tertiary/aromatic N) is 2. The molecular weight excluding hydrogens is 336 g/mol. The number of halogens is 2. The molecule has 0 saturated heterocycles. The van der Waals surface area contributed by atoms with E-state index < -0.39 is 17.5 Å². The van der Waals surface area contributed by atoms with E-state index in [2.05, 4.69) is 10.3 Å². The van der Waals surface area contributed by atoms with E-state index in [0.717, 1.165) is 23.4 Å². The molecule has 1 aromatic carbocycles. The van der Waals surface area contributed by atoms with Crippen LogP contribution in [0.4, 0.5) is 14.5 Å². The number of aryl methyl sites for hydroxylation is 1. The number of fused-ring (bicyclic) bond motifs is 1. The SMILES string of the molecule is CCc1cc2c(=O)n(CC(=O)Nc3ccc(F)c(F)c3)cnc2s1. The van der Waals surface area contributed by atoms with Crippen LogP contribution in [0.3, 0.4) is 0 Å².